The van der Waals surface area contributed by atoms with Gasteiger partial charge in [-0.3, -0.25) is 0 Å². The molecule has 4 nitrogen and oxygen atoms in total. The van der Waals surface area contributed by atoms with Gasteiger partial charge in [0, 0.05) is 12.5 Å². The predicted octanol–water partition coefficient (Wildman–Crippen LogP) is 4.35. The number of hydrogen-bond acceptors (Lipinski definition) is 7. The number of methoxy groups -OCH3 is 1. The molecule has 0 amide bonds. The third-order valence-corrected chi connectivity index (χ3v) is 5.88. The average Bonchev–Trinajstić information content (AvgIpc) is 2.86. The summed E-state index contributed by atoms with van der Waals surface area (Å²) >= 11 is 8.32. The van der Waals surface area contributed by atoms with E-state index in [0.29, 0.717) is 6.61 Å². The zero-order valence-electron chi connectivity index (χ0n) is 11.1. The predicted molar refractivity (Wildman–Crippen MR) is 83.3 cm³/mol. The Hall–Kier alpha value is -0.0200. The molecule has 2 aromatic heterocycles. The summed E-state index contributed by atoms with van der Waals surface area (Å²) in [6, 6.07) is 0. The van der Waals surface area contributed by atoms with Crippen LogP contribution in [0.5, 0.6) is 0 Å². The van der Waals surface area contributed by atoms with E-state index in [4.69, 9.17) is 4.74 Å². The molecule has 0 aromatic carbocycles. The van der Waals surface area contributed by atoms with Crippen molar-refractivity contribution in [3.63, 3.8) is 0 Å². The highest BCUT2D eigenvalue weighted by molar-refractivity contribution is 9.11. The lowest BCUT2D eigenvalue weighted by molar-refractivity contribution is 0.184. The standard InChI is InChI=1S/C11H14BrN3OS3/c1-11(2,3)7-8(12)18-9(13-7)19-10-15-14-6(17-10)5-16-4/h5H2,1-4H3. The fourth-order valence-electron chi connectivity index (χ4n) is 1.33. The summed E-state index contributed by atoms with van der Waals surface area (Å²) in [5.74, 6) is 0. The van der Waals surface area contributed by atoms with Crippen LogP contribution < -0.4 is 0 Å². The molecule has 0 aliphatic carbocycles. The van der Waals surface area contributed by atoms with Crippen molar-refractivity contribution in [2.45, 2.75) is 41.5 Å². The van der Waals surface area contributed by atoms with Crippen molar-refractivity contribution in [3.8, 4) is 0 Å². The first-order valence-corrected chi connectivity index (χ1v) is 8.80. The molecule has 0 saturated heterocycles. The molecule has 0 bridgehead atoms. The van der Waals surface area contributed by atoms with Crippen LogP contribution in [0.25, 0.3) is 0 Å². The molecule has 0 atom stereocenters. The summed E-state index contributed by atoms with van der Waals surface area (Å²) in [4.78, 5) is 4.67. The van der Waals surface area contributed by atoms with Gasteiger partial charge < -0.3 is 4.74 Å². The van der Waals surface area contributed by atoms with Crippen LogP contribution >= 0.6 is 50.4 Å². The average molecular weight is 380 g/mol. The van der Waals surface area contributed by atoms with Crippen LogP contribution in [0.4, 0.5) is 0 Å². The van der Waals surface area contributed by atoms with Gasteiger partial charge >= 0.3 is 0 Å². The molecule has 19 heavy (non-hydrogen) atoms. The Morgan fingerprint density at radius 3 is 2.53 bits per heavy atom. The topological polar surface area (TPSA) is 47.9 Å². The number of thiazole rings is 1. The number of ether oxygens (including phenoxy) is 1. The van der Waals surface area contributed by atoms with Gasteiger partial charge in [0.25, 0.3) is 0 Å². The van der Waals surface area contributed by atoms with Crippen molar-refractivity contribution < 1.29 is 4.74 Å². The van der Waals surface area contributed by atoms with Gasteiger partial charge in [0.2, 0.25) is 0 Å². The molecule has 0 aliphatic rings. The second-order valence-corrected chi connectivity index (χ2v) is 9.72. The fourth-order valence-corrected chi connectivity index (χ4v) is 5.94. The van der Waals surface area contributed by atoms with Gasteiger partial charge in [-0.15, -0.1) is 10.2 Å². The Balaban J connectivity index is 2.15. The maximum Gasteiger partial charge on any atom is 0.181 e. The van der Waals surface area contributed by atoms with E-state index in [2.05, 4.69) is 51.9 Å². The van der Waals surface area contributed by atoms with Crippen molar-refractivity contribution in [2.75, 3.05) is 7.11 Å². The highest BCUT2D eigenvalue weighted by Crippen LogP contribution is 2.40. The van der Waals surface area contributed by atoms with Crippen molar-refractivity contribution in [1.29, 1.82) is 0 Å². The lowest BCUT2D eigenvalue weighted by Crippen LogP contribution is -2.12. The summed E-state index contributed by atoms with van der Waals surface area (Å²) in [5, 5.41) is 9.09. The molecule has 0 unspecified atom stereocenters. The Labute approximate surface area is 133 Å². The van der Waals surface area contributed by atoms with Crippen LogP contribution in [0.2, 0.25) is 0 Å². The molecule has 0 radical (unpaired) electrons. The zero-order valence-corrected chi connectivity index (χ0v) is 15.1. The molecular formula is C11H14BrN3OS3. The minimum atomic E-state index is 0.0382. The van der Waals surface area contributed by atoms with E-state index >= 15 is 0 Å². The van der Waals surface area contributed by atoms with Gasteiger partial charge in [0.05, 0.1) is 16.1 Å². The summed E-state index contributed by atoms with van der Waals surface area (Å²) in [7, 11) is 1.65. The van der Waals surface area contributed by atoms with Crippen LogP contribution in [0, 0.1) is 0 Å². The molecule has 2 heterocycles. The van der Waals surface area contributed by atoms with Gasteiger partial charge in [0.15, 0.2) is 8.68 Å². The van der Waals surface area contributed by atoms with E-state index in [1.54, 1.807) is 41.5 Å². The van der Waals surface area contributed by atoms with Gasteiger partial charge in [-0.1, -0.05) is 43.4 Å². The highest BCUT2D eigenvalue weighted by Gasteiger charge is 2.22. The largest absolute Gasteiger partial charge is 0.377 e. The molecule has 8 heteroatoms. The highest BCUT2D eigenvalue weighted by atomic mass is 79.9. The zero-order chi connectivity index (χ0) is 14.0. The van der Waals surface area contributed by atoms with Gasteiger partial charge in [-0.25, -0.2) is 4.98 Å². The van der Waals surface area contributed by atoms with E-state index in [9.17, 15) is 0 Å². The van der Waals surface area contributed by atoms with E-state index in [0.717, 1.165) is 23.2 Å². The van der Waals surface area contributed by atoms with E-state index in [-0.39, 0.29) is 5.41 Å². The normalized spacial score (nSPS) is 12.1. The summed E-state index contributed by atoms with van der Waals surface area (Å²) in [6.45, 7) is 6.97. The van der Waals surface area contributed by atoms with Gasteiger partial charge in [0.1, 0.15) is 5.01 Å². The van der Waals surface area contributed by atoms with Crippen LogP contribution in [0.3, 0.4) is 0 Å². The Morgan fingerprint density at radius 2 is 1.95 bits per heavy atom. The maximum atomic E-state index is 5.04. The Kier molecular flexibility index (Phi) is 4.99. The number of hydrogen-bond donors (Lipinski definition) is 0. The molecule has 2 aromatic rings. The molecule has 2 rings (SSSR count). The van der Waals surface area contributed by atoms with Crippen LogP contribution in [-0.4, -0.2) is 22.3 Å². The molecule has 0 spiro atoms. The fraction of sp³-hybridized carbons (Fsp3) is 0.545. The van der Waals surface area contributed by atoms with Crippen molar-refractivity contribution >= 4 is 50.4 Å². The monoisotopic (exact) mass is 379 g/mol. The Bertz CT molecular complexity index is 562. The van der Waals surface area contributed by atoms with E-state index in [1.165, 1.54) is 0 Å². The summed E-state index contributed by atoms with van der Waals surface area (Å²) in [6.07, 6.45) is 0. The molecule has 0 N–H and O–H groups in total. The first kappa shape index (κ1) is 15.4. The van der Waals surface area contributed by atoms with Crippen molar-refractivity contribution in [3.05, 3.63) is 14.5 Å². The lowest BCUT2D eigenvalue weighted by Gasteiger charge is -2.15. The smallest absolute Gasteiger partial charge is 0.181 e. The molecular weight excluding hydrogens is 366 g/mol. The first-order chi connectivity index (χ1) is 8.90. The minimum Gasteiger partial charge on any atom is -0.377 e. The second-order valence-electron chi connectivity index (χ2n) is 4.85. The van der Waals surface area contributed by atoms with Crippen LogP contribution in [-0.2, 0) is 16.8 Å². The quantitative estimate of drug-likeness (QED) is 0.789. The first-order valence-electron chi connectivity index (χ1n) is 5.56. The maximum absolute atomic E-state index is 5.04. The molecule has 0 aliphatic heterocycles. The lowest BCUT2D eigenvalue weighted by atomic mass is 9.93. The number of rotatable bonds is 4. The number of nitrogens with zero attached hydrogens (tertiary/aromatic N) is 3. The molecule has 104 valence electrons. The summed E-state index contributed by atoms with van der Waals surface area (Å²) < 4.78 is 8.00. The second kappa shape index (κ2) is 6.17. The minimum absolute atomic E-state index is 0.0382. The number of aromatic nitrogens is 3. The van der Waals surface area contributed by atoms with E-state index in [1.807, 2.05) is 0 Å². The third-order valence-electron chi connectivity index (χ3n) is 2.17. The van der Waals surface area contributed by atoms with Crippen LogP contribution in [0.1, 0.15) is 31.5 Å². The van der Waals surface area contributed by atoms with Gasteiger partial charge in [-0.05, 0) is 27.7 Å². The van der Waals surface area contributed by atoms with Crippen molar-refractivity contribution in [2.24, 2.45) is 0 Å². The molecule has 0 fully saturated rings. The SMILES string of the molecule is COCc1nnc(Sc2nc(C(C)(C)C)c(Br)s2)s1. The number of halogens is 1. The molecule has 0 saturated carbocycles. The van der Waals surface area contributed by atoms with Gasteiger partial charge in [-0.2, -0.15) is 0 Å². The van der Waals surface area contributed by atoms with E-state index < -0.39 is 0 Å². The summed E-state index contributed by atoms with van der Waals surface area (Å²) in [5.41, 5.74) is 1.12. The third kappa shape index (κ3) is 3.98. The Morgan fingerprint density at radius 1 is 1.21 bits per heavy atom. The van der Waals surface area contributed by atoms with Crippen molar-refractivity contribution in [1.82, 2.24) is 15.2 Å². The van der Waals surface area contributed by atoms with Crippen LogP contribution in [0.15, 0.2) is 12.5 Å².